The molecule has 1 fully saturated rings. The maximum absolute atomic E-state index is 10.3. The summed E-state index contributed by atoms with van der Waals surface area (Å²) in [5.74, 6) is 5.55. The van der Waals surface area contributed by atoms with Crippen molar-refractivity contribution in [1.82, 2.24) is 0 Å². The Hall–Kier alpha value is -0.780. The van der Waals surface area contributed by atoms with Crippen LogP contribution in [0.3, 0.4) is 0 Å². The third-order valence-electron chi connectivity index (χ3n) is 2.87. The van der Waals surface area contributed by atoms with Crippen molar-refractivity contribution >= 4 is 0 Å². The van der Waals surface area contributed by atoms with Gasteiger partial charge in [-0.15, -0.1) is 6.58 Å². The standard InChI is InChI=1S/C12H18O2/c1-2-6-11-7-3-4-8-12(11,14)9-5-10-13/h2,11,13-14H,1,3-4,6-8,10H2. The van der Waals surface area contributed by atoms with Crippen LogP contribution in [0.25, 0.3) is 0 Å². The Bertz CT molecular complexity index is 249. The van der Waals surface area contributed by atoms with Crippen molar-refractivity contribution in [3.63, 3.8) is 0 Å². The topological polar surface area (TPSA) is 40.5 Å². The molecule has 2 unspecified atom stereocenters. The first-order valence-corrected chi connectivity index (χ1v) is 5.17. The third kappa shape index (κ3) is 2.60. The van der Waals surface area contributed by atoms with E-state index in [4.69, 9.17) is 5.11 Å². The van der Waals surface area contributed by atoms with E-state index >= 15 is 0 Å². The minimum absolute atomic E-state index is 0.177. The number of allylic oxidation sites excluding steroid dienone is 1. The van der Waals surface area contributed by atoms with Crippen LogP contribution in [-0.4, -0.2) is 22.4 Å². The van der Waals surface area contributed by atoms with Gasteiger partial charge in [-0.25, -0.2) is 0 Å². The van der Waals surface area contributed by atoms with Crippen LogP contribution in [0.2, 0.25) is 0 Å². The second kappa shape index (κ2) is 5.19. The SMILES string of the molecule is C=CCC1CCCCC1(O)C#CCO. The maximum Gasteiger partial charge on any atom is 0.128 e. The lowest BCUT2D eigenvalue weighted by Crippen LogP contribution is -2.39. The summed E-state index contributed by atoms with van der Waals surface area (Å²) in [6, 6.07) is 0. The van der Waals surface area contributed by atoms with Crippen molar-refractivity contribution in [3.05, 3.63) is 12.7 Å². The van der Waals surface area contributed by atoms with Gasteiger partial charge >= 0.3 is 0 Å². The van der Waals surface area contributed by atoms with Crippen molar-refractivity contribution < 1.29 is 10.2 Å². The highest BCUT2D eigenvalue weighted by atomic mass is 16.3. The first-order chi connectivity index (χ1) is 6.73. The molecule has 0 aromatic rings. The molecule has 1 aliphatic carbocycles. The Balaban J connectivity index is 2.73. The van der Waals surface area contributed by atoms with E-state index in [9.17, 15) is 5.11 Å². The largest absolute Gasteiger partial charge is 0.384 e. The van der Waals surface area contributed by atoms with E-state index in [0.29, 0.717) is 0 Å². The van der Waals surface area contributed by atoms with Crippen molar-refractivity contribution in [2.75, 3.05) is 6.61 Å². The zero-order valence-corrected chi connectivity index (χ0v) is 8.50. The van der Waals surface area contributed by atoms with Crippen molar-refractivity contribution in [2.24, 2.45) is 5.92 Å². The van der Waals surface area contributed by atoms with E-state index in [-0.39, 0.29) is 12.5 Å². The summed E-state index contributed by atoms with van der Waals surface area (Å²) in [6.45, 7) is 3.51. The van der Waals surface area contributed by atoms with Crippen LogP contribution < -0.4 is 0 Å². The minimum atomic E-state index is -0.894. The van der Waals surface area contributed by atoms with Crippen LogP contribution >= 0.6 is 0 Å². The van der Waals surface area contributed by atoms with Crippen molar-refractivity contribution in [3.8, 4) is 11.8 Å². The Morgan fingerprint density at radius 2 is 2.29 bits per heavy atom. The molecule has 1 rings (SSSR count). The lowest BCUT2D eigenvalue weighted by atomic mass is 9.74. The normalized spacial score (nSPS) is 31.7. The molecule has 0 amide bonds. The molecule has 2 atom stereocenters. The second-order valence-electron chi connectivity index (χ2n) is 3.85. The van der Waals surface area contributed by atoms with Gasteiger partial charge in [-0.1, -0.05) is 24.3 Å². The van der Waals surface area contributed by atoms with Gasteiger partial charge in [-0.3, -0.25) is 0 Å². The van der Waals surface area contributed by atoms with E-state index in [0.717, 1.165) is 32.1 Å². The molecular weight excluding hydrogens is 176 g/mol. The van der Waals surface area contributed by atoms with E-state index in [1.807, 2.05) is 6.08 Å². The van der Waals surface area contributed by atoms with Crippen LogP contribution in [0, 0.1) is 17.8 Å². The van der Waals surface area contributed by atoms with Crippen LogP contribution in [-0.2, 0) is 0 Å². The van der Waals surface area contributed by atoms with E-state index in [2.05, 4.69) is 18.4 Å². The molecule has 0 radical (unpaired) electrons. The molecule has 0 bridgehead atoms. The lowest BCUT2D eigenvalue weighted by Gasteiger charge is -2.35. The second-order valence-corrected chi connectivity index (χ2v) is 3.85. The van der Waals surface area contributed by atoms with E-state index < -0.39 is 5.60 Å². The van der Waals surface area contributed by atoms with Crippen LogP contribution in [0.4, 0.5) is 0 Å². The van der Waals surface area contributed by atoms with Gasteiger partial charge < -0.3 is 10.2 Å². The van der Waals surface area contributed by atoms with Gasteiger partial charge in [0.1, 0.15) is 12.2 Å². The van der Waals surface area contributed by atoms with Crippen LogP contribution in [0.1, 0.15) is 32.1 Å². The fourth-order valence-electron chi connectivity index (χ4n) is 2.10. The Morgan fingerprint density at radius 1 is 1.50 bits per heavy atom. The number of hydrogen-bond donors (Lipinski definition) is 2. The lowest BCUT2D eigenvalue weighted by molar-refractivity contribution is 0.00547. The molecule has 0 heterocycles. The molecular formula is C12H18O2. The highest BCUT2D eigenvalue weighted by Gasteiger charge is 2.36. The summed E-state index contributed by atoms with van der Waals surface area (Å²) in [4.78, 5) is 0. The number of hydrogen-bond acceptors (Lipinski definition) is 2. The van der Waals surface area contributed by atoms with Gasteiger partial charge in [0.2, 0.25) is 0 Å². The van der Waals surface area contributed by atoms with Crippen molar-refractivity contribution in [2.45, 2.75) is 37.7 Å². The summed E-state index contributed by atoms with van der Waals surface area (Å²) in [7, 11) is 0. The van der Waals surface area contributed by atoms with Gasteiger partial charge in [-0.05, 0) is 25.7 Å². The Labute approximate surface area is 85.6 Å². The average Bonchev–Trinajstić information content (AvgIpc) is 2.19. The third-order valence-corrected chi connectivity index (χ3v) is 2.87. The molecule has 1 saturated carbocycles. The van der Waals surface area contributed by atoms with Gasteiger partial charge in [-0.2, -0.15) is 0 Å². The van der Waals surface area contributed by atoms with Gasteiger partial charge in [0, 0.05) is 5.92 Å². The smallest absolute Gasteiger partial charge is 0.128 e. The highest BCUT2D eigenvalue weighted by Crippen LogP contribution is 2.35. The van der Waals surface area contributed by atoms with E-state index in [1.165, 1.54) is 0 Å². The van der Waals surface area contributed by atoms with Gasteiger partial charge in [0.25, 0.3) is 0 Å². The molecule has 0 aliphatic heterocycles. The first kappa shape index (κ1) is 11.3. The minimum Gasteiger partial charge on any atom is -0.384 e. The predicted molar refractivity (Wildman–Crippen MR) is 56.6 cm³/mol. The summed E-state index contributed by atoms with van der Waals surface area (Å²) in [6.07, 6.45) is 6.53. The Kier molecular flexibility index (Phi) is 4.19. The van der Waals surface area contributed by atoms with Crippen LogP contribution in [0.15, 0.2) is 12.7 Å². The molecule has 0 saturated heterocycles. The quantitative estimate of drug-likeness (QED) is 0.516. The average molecular weight is 194 g/mol. The Morgan fingerprint density at radius 3 is 2.93 bits per heavy atom. The molecule has 1 aliphatic rings. The number of aliphatic hydroxyl groups is 2. The highest BCUT2D eigenvalue weighted by molar-refractivity contribution is 5.17. The zero-order valence-electron chi connectivity index (χ0n) is 8.50. The number of aliphatic hydroxyl groups excluding tert-OH is 1. The van der Waals surface area contributed by atoms with Crippen LogP contribution in [0.5, 0.6) is 0 Å². The van der Waals surface area contributed by atoms with Crippen molar-refractivity contribution in [1.29, 1.82) is 0 Å². The maximum atomic E-state index is 10.3. The zero-order chi connectivity index (χ0) is 10.4. The van der Waals surface area contributed by atoms with Gasteiger partial charge in [0.15, 0.2) is 0 Å². The molecule has 0 spiro atoms. The molecule has 2 nitrogen and oxygen atoms in total. The van der Waals surface area contributed by atoms with Gasteiger partial charge in [0.05, 0.1) is 0 Å². The summed E-state index contributed by atoms with van der Waals surface area (Å²) >= 11 is 0. The fraction of sp³-hybridized carbons (Fsp3) is 0.667. The predicted octanol–water partition coefficient (Wildman–Crippen LogP) is 1.48. The molecule has 78 valence electrons. The molecule has 2 heteroatoms. The summed E-state index contributed by atoms with van der Waals surface area (Å²) in [5.41, 5.74) is -0.894. The molecule has 14 heavy (non-hydrogen) atoms. The monoisotopic (exact) mass is 194 g/mol. The molecule has 2 N–H and O–H groups in total. The molecule has 0 aromatic carbocycles. The first-order valence-electron chi connectivity index (χ1n) is 5.17. The number of rotatable bonds is 2. The summed E-state index contributed by atoms with van der Waals surface area (Å²) < 4.78 is 0. The summed E-state index contributed by atoms with van der Waals surface area (Å²) in [5, 5.41) is 18.9. The molecule has 0 aromatic heterocycles. The van der Waals surface area contributed by atoms with E-state index in [1.54, 1.807) is 0 Å². The fourth-order valence-corrected chi connectivity index (χ4v) is 2.10.